The van der Waals surface area contributed by atoms with Gasteiger partial charge in [0.1, 0.15) is 0 Å². The second-order valence-electron chi connectivity index (χ2n) is 10.3. The van der Waals surface area contributed by atoms with Crippen LogP contribution in [0.5, 0.6) is 28.7 Å². The number of methoxy groups -OCH3 is 2. The minimum Gasteiger partial charge on any atom is -0.502 e. The van der Waals surface area contributed by atoms with E-state index in [0.717, 1.165) is 37.1 Å². The molecule has 2 aliphatic heterocycles. The predicted octanol–water partition coefficient (Wildman–Crippen LogP) is 2.34. The zero-order chi connectivity index (χ0) is 28.2. The molecule has 0 bridgehead atoms. The number of rotatable bonds is 12. The number of hydrogen-bond acceptors (Lipinski definition) is 10. The first kappa shape index (κ1) is 27.9. The van der Waals surface area contributed by atoms with E-state index in [1.54, 1.807) is 12.1 Å². The van der Waals surface area contributed by atoms with E-state index in [2.05, 4.69) is 10.6 Å². The Bertz CT molecular complexity index is 1230. The van der Waals surface area contributed by atoms with Gasteiger partial charge in [-0.3, -0.25) is 9.59 Å². The predicted molar refractivity (Wildman–Crippen MR) is 145 cm³/mol. The molecule has 4 atom stereocenters. The summed E-state index contributed by atoms with van der Waals surface area (Å²) in [5.41, 5.74) is 7.90. The molecule has 5 N–H and O–H groups in total. The lowest BCUT2D eigenvalue weighted by atomic mass is 9.65. The number of fused-ring (bicyclic) bond motifs is 3. The number of hydrogen-bond donors (Lipinski definition) is 4. The van der Waals surface area contributed by atoms with Crippen molar-refractivity contribution in [2.75, 3.05) is 47.3 Å². The van der Waals surface area contributed by atoms with Gasteiger partial charge in [0.25, 0.3) is 0 Å². The third kappa shape index (κ3) is 5.35. The van der Waals surface area contributed by atoms with Crippen molar-refractivity contribution >= 4 is 11.9 Å². The zero-order valence-electron chi connectivity index (χ0n) is 22.9. The van der Waals surface area contributed by atoms with Gasteiger partial charge in [0.2, 0.25) is 18.4 Å². The smallest absolute Gasteiger partial charge is 0.310 e. The highest BCUT2D eigenvalue weighted by molar-refractivity contribution is 5.81. The lowest BCUT2D eigenvalue weighted by molar-refractivity contribution is -0.141. The molecule has 5 rings (SSSR count). The molecule has 216 valence electrons. The lowest BCUT2D eigenvalue weighted by Gasteiger charge is -2.39. The van der Waals surface area contributed by atoms with Crippen molar-refractivity contribution in [3.63, 3.8) is 0 Å². The highest BCUT2D eigenvalue weighted by Gasteiger charge is 2.53. The topological polar surface area (TPSA) is 151 Å². The van der Waals surface area contributed by atoms with Crippen molar-refractivity contribution in [2.24, 2.45) is 17.6 Å². The SMILES string of the molecule is COc1cc(C2c3cc4c(cc3[C@@H](NC(=O)CCCNCCCCN)[C@H]3COC(=O)[C@H]23)OCO4)cc(OC)c1O. The molecule has 11 nitrogen and oxygen atoms in total. The number of esters is 1. The molecule has 1 aliphatic carbocycles. The van der Waals surface area contributed by atoms with Gasteiger partial charge in [-0.25, -0.2) is 0 Å². The normalized spacial score (nSPS) is 22.3. The lowest BCUT2D eigenvalue weighted by Crippen LogP contribution is -2.42. The van der Waals surface area contributed by atoms with Crippen LogP contribution in [0.3, 0.4) is 0 Å². The van der Waals surface area contributed by atoms with Crippen molar-refractivity contribution in [2.45, 2.75) is 37.6 Å². The van der Waals surface area contributed by atoms with Gasteiger partial charge in [-0.15, -0.1) is 0 Å². The third-order valence-electron chi connectivity index (χ3n) is 7.93. The first-order valence-electron chi connectivity index (χ1n) is 13.7. The Labute approximate surface area is 233 Å². The van der Waals surface area contributed by atoms with Crippen molar-refractivity contribution in [3.05, 3.63) is 41.0 Å². The van der Waals surface area contributed by atoms with Crippen LogP contribution >= 0.6 is 0 Å². The van der Waals surface area contributed by atoms with Crippen LogP contribution < -0.4 is 35.3 Å². The highest BCUT2D eigenvalue weighted by Crippen LogP contribution is 2.55. The molecular formula is C29H37N3O8. The number of ether oxygens (including phenoxy) is 5. The minimum absolute atomic E-state index is 0.0912. The van der Waals surface area contributed by atoms with Crippen LogP contribution in [-0.2, 0) is 14.3 Å². The average molecular weight is 556 g/mol. The van der Waals surface area contributed by atoms with Gasteiger partial charge >= 0.3 is 5.97 Å². The van der Waals surface area contributed by atoms with Gasteiger partial charge in [-0.1, -0.05) is 0 Å². The van der Waals surface area contributed by atoms with E-state index < -0.39 is 17.9 Å². The molecule has 3 aliphatic rings. The minimum atomic E-state index is -0.582. The standard InChI is InChI=1S/C29H37N3O8/c1-36-22-10-16(11-23(37-2)28(22)34)25-17-12-20-21(40-15-39-20)13-18(17)27(19-14-38-29(35)26(19)25)32-24(33)6-5-9-31-8-4-3-7-30/h10-13,19,25-27,31,34H,3-9,14-15,30H2,1-2H3,(H,32,33)/t19-,25?,26-,27+/m0/s1. The summed E-state index contributed by atoms with van der Waals surface area (Å²) in [6.45, 7) is 2.55. The number of unbranched alkanes of at least 4 members (excludes halogenated alkanes) is 1. The van der Waals surface area contributed by atoms with E-state index >= 15 is 0 Å². The summed E-state index contributed by atoms with van der Waals surface area (Å²) in [6, 6.07) is 6.73. The van der Waals surface area contributed by atoms with Gasteiger partial charge in [-0.2, -0.15) is 0 Å². The monoisotopic (exact) mass is 555 g/mol. The zero-order valence-corrected chi connectivity index (χ0v) is 22.9. The molecule has 1 amide bonds. The number of cyclic esters (lactones) is 1. The first-order valence-corrected chi connectivity index (χ1v) is 13.7. The molecule has 1 fully saturated rings. The van der Waals surface area contributed by atoms with Crippen LogP contribution in [0.25, 0.3) is 0 Å². The Morgan fingerprint density at radius 2 is 1.68 bits per heavy atom. The fraction of sp³-hybridized carbons (Fsp3) is 0.517. The van der Waals surface area contributed by atoms with Gasteiger partial charge in [0, 0.05) is 18.3 Å². The molecule has 0 radical (unpaired) electrons. The van der Waals surface area contributed by atoms with E-state index in [1.165, 1.54) is 14.2 Å². The van der Waals surface area contributed by atoms with E-state index in [1.807, 2.05) is 12.1 Å². The van der Waals surface area contributed by atoms with E-state index in [9.17, 15) is 14.7 Å². The summed E-state index contributed by atoms with van der Waals surface area (Å²) in [5, 5.41) is 17.1. The number of phenolic OH excluding ortho intramolecular Hbond substituents is 1. The number of carbonyl (C=O) groups is 2. The number of nitrogens with one attached hydrogen (secondary N) is 2. The first-order chi connectivity index (χ1) is 19.5. The maximum absolute atomic E-state index is 13.2. The molecule has 1 saturated heterocycles. The molecular weight excluding hydrogens is 518 g/mol. The van der Waals surface area contributed by atoms with E-state index in [0.29, 0.717) is 36.4 Å². The van der Waals surface area contributed by atoms with Crippen LogP contribution in [0.2, 0.25) is 0 Å². The maximum Gasteiger partial charge on any atom is 0.310 e. The Balaban J connectivity index is 1.47. The Kier molecular flexibility index (Phi) is 8.51. The molecule has 40 heavy (non-hydrogen) atoms. The third-order valence-corrected chi connectivity index (χ3v) is 7.93. The van der Waals surface area contributed by atoms with Crippen molar-refractivity contribution in [3.8, 4) is 28.7 Å². The second kappa shape index (κ2) is 12.2. The maximum atomic E-state index is 13.2. The van der Waals surface area contributed by atoms with Crippen LogP contribution in [0.15, 0.2) is 24.3 Å². The van der Waals surface area contributed by atoms with Crippen molar-refractivity contribution in [1.29, 1.82) is 0 Å². The molecule has 1 unspecified atom stereocenters. The summed E-state index contributed by atoms with van der Waals surface area (Å²) in [4.78, 5) is 26.4. The van der Waals surface area contributed by atoms with Gasteiger partial charge in [-0.05, 0) is 79.9 Å². The van der Waals surface area contributed by atoms with Crippen molar-refractivity contribution < 1.29 is 38.4 Å². The number of aromatic hydroxyl groups is 1. The van der Waals surface area contributed by atoms with Crippen LogP contribution in [0.4, 0.5) is 0 Å². The van der Waals surface area contributed by atoms with Crippen LogP contribution in [0.1, 0.15) is 54.3 Å². The van der Waals surface area contributed by atoms with E-state index in [-0.39, 0.29) is 48.4 Å². The molecule has 11 heteroatoms. The molecule has 2 aromatic rings. The Morgan fingerprint density at radius 3 is 2.35 bits per heavy atom. The van der Waals surface area contributed by atoms with E-state index in [4.69, 9.17) is 29.4 Å². The second-order valence-corrected chi connectivity index (χ2v) is 10.3. The fourth-order valence-electron chi connectivity index (χ4n) is 5.98. The number of carbonyl (C=O) groups excluding carboxylic acids is 2. The van der Waals surface area contributed by atoms with Crippen molar-refractivity contribution in [1.82, 2.24) is 10.6 Å². The summed E-state index contributed by atoms with van der Waals surface area (Å²) < 4.78 is 27.8. The van der Waals surface area contributed by atoms with Gasteiger partial charge < -0.3 is 45.2 Å². The quantitative estimate of drug-likeness (QED) is 0.227. The summed E-state index contributed by atoms with van der Waals surface area (Å²) in [5.74, 6) is -0.305. The fourth-order valence-corrected chi connectivity index (χ4v) is 5.98. The summed E-state index contributed by atoms with van der Waals surface area (Å²) in [6.07, 6.45) is 3.02. The number of nitrogens with two attached hydrogens (primary N) is 1. The number of amides is 1. The Hall–Kier alpha value is -3.70. The Morgan fingerprint density at radius 1 is 1.00 bits per heavy atom. The molecule has 0 saturated carbocycles. The average Bonchev–Trinajstić information content (AvgIpc) is 3.58. The van der Waals surface area contributed by atoms with Gasteiger partial charge in [0.15, 0.2) is 23.0 Å². The number of phenols is 1. The number of benzene rings is 2. The molecule has 2 heterocycles. The summed E-state index contributed by atoms with van der Waals surface area (Å²) >= 11 is 0. The summed E-state index contributed by atoms with van der Waals surface area (Å²) in [7, 11) is 2.91. The highest BCUT2D eigenvalue weighted by atomic mass is 16.7. The molecule has 2 aromatic carbocycles. The molecule has 0 spiro atoms. The van der Waals surface area contributed by atoms with Crippen LogP contribution in [-0.4, -0.2) is 64.2 Å². The largest absolute Gasteiger partial charge is 0.502 e. The van der Waals surface area contributed by atoms with Crippen LogP contribution in [0, 0.1) is 11.8 Å². The molecule has 0 aromatic heterocycles. The van der Waals surface area contributed by atoms with Gasteiger partial charge in [0.05, 0.1) is 32.8 Å².